The van der Waals surface area contributed by atoms with Gasteiger partial charge in [0, 0.05) is 12.3 Å². The van der Waals surface area contributed by atoms with Crippen LogP contribution in [0.4, 0.5) is 11.4 Å². The maximum Gasteiger partial charge on any atom is 0.175 e. The molecule has 1 aromatic rings. The number of nitrogen functional groups attached to an aromatic ring is 1. The molecular formula is C10H16N2O2S. The average Bonchev–Trinajstić information content (AvgIpc) is 2.05. The van der Waals surface area contributed by atoms with Crippen LogP contribution in [-0.2, 0) is 9.84 Å². The van der Waals surface area contributed by atoms with E-state index in [1.165, 1.54) is 6.07 Å². The molecule has 0 saturated heterocycles. The van der Waals surface area contributed by atoms with Gasteiger partial charge in [0.2, 0.25) is 0 Å². The third-order valence-electron chi connectivity index (χ3n) is 1.90. The molecule has 0 amide bonds. The van der Waals surface area contributed by atoms with Gasteiger partial charge in [0.1, 0.15) is 0 Å². The Kier molecular flexibility index (Phi) is 3.24. The van der Waals surface area contributed by atoms with Crippen molar-refractivity contribution in [2.75, 3.05) is 17.3 Å². The van der Waals surface area contributed by atoms with Gasteiger partial charge in [0.15, 0.2) is 9.84 Å². The number of rotatable bonds is 3. The number of anilines is 2. The van der Waals surface area contributed by atoms with E-state index in [0.29, 0.717) is 5.69 Å². The zero-order valence-electron chi connectivity index (χ0n) is 9.11. The second kappa shape index (κ2) is 4.10. The van der Waals surface area contributed by atoms with E-state index < -0.39 is 9.84 Å². The third-order valence-corrected chi connectivity index (χ3v) is 3.01. The highest BCUT2D eigenvalue weighted by molar-refractivity contribution is 7.90. The number of sulfone groups is 1. The number of nitrogens with two attached hydrogens (primary N) is 1. The number of benzene rings is 1. The smallest absolute Gasteiger partial charge is 0.175 e. The first kappa shape index (κ1) is 11.8. The molecule has 0 atom stereocenters. The first-order valence-corrected chi connectivity index (χ1v) is 6.56. The highest BCUT2D eigenvalue weighted by atomic mass is 32.2. The van der Waals surface area contributed by atoms with E-state index in [0.717, 1.165) is 11.9 Å². The fourth-order valence-corrected chi connectivity index (χ4v) is 1.87. The van der Waals surface area contributed by atoms with Crippen molar-refractivity contribution in [3.63, 3.8) is 0 Å². The van der Waals surface area contributed by atoms with Crippen molar-refractivity contribution in [1.29, 1.82) is 0 Å². The Labute approximate surface area is 90.4 Å². The summed E-state index contributed by atoms with van der Waals surface area (Å²) in [6, 6.07) is 4.97. The molecule has 5 heteroatoms. The van der Waals surface area contributed by atoms with Crippen molar-refractivity contribution in [3.8, 4) is 0 Å². The molecule has 0 aliphatic rings. The number of hydrogen-bond donors (Lipinski definition) is 2. The monoisotopic (exact) mass is 228 g/mol. The summed E-state index contributed by atoms with van der Waals surface area (Å²) in [6.45, 7) is 3.98. The highest BCUT2D eigenvalue weighted by Crippen LogP contribution is 2.22. The van der Waals surface area contributed by atoms with Gasteiger partial charge in [-0.2, -0.15) is 0 Å². The van der Waals surface area contributed by atoms with Crippen LogP contribution in [0.5, 0.6) is 0 Å². The Bertz CT molecular complexity index is 452. The zero-order valence-corrected chi connectivity index (χ0v) is 9.93. The van der Waals surface area contributed by atoms with E-state index >= 15 is 0 Å². The lowest BCUT2D eigenvalue weighted by Crippen LogP contribution is -2.11. The minimum absolute atomic E-state index is 0.245. The van der Waals surface area contributed by atoms with Crippen LogP contribution < -0.4 is 11.1 Å². The fraction of sp³-hybridized carbons (Fsp3) is 0.400. The maximum atomic E-state index is 11.2. The molecule has 0 unspecified atom stereocenters. The van der Waals surface area contributed by atoms with Crippen LogP contribution >= 0.6 is 0 Å². The second-order valence-corrected chi connectivity index (χ2v) is 5.84. The van der Waals surface area contributed by atoms with E-state index in [1.807, 2.05) is 13.8 Å². The van der Waals surface area contributed by atoms with Gasteiger partial charge in [0.25, 0.3) is 0 Å². The molecule has 4 nitrogen and oxygen atoms in total. The molecule has 0 heterocycles. The van der Waals surface area contributed by atoms with E-state index in [2.05, 4.69) is 5.32 Å². The molecule has 1 rings (SSSR count). The quantitative estimate of drug-likeness (QED) is 0.769. The summed E-state index contributed by atoms with van der Waals surface area (Å²) in [7, 11) is -3.18. The van der Waals surface area contributed by atoms with E-state index in [-0.39, 0.29) is 10.9 Å². The van der Waals surface area contributed by atoms with Crippen LogP contribution in [0.15, 0.2) is 23.1 Å². The van der Waals surface area contributed by atoms with Gasteiger partial charge in [-0.3, -0.25) is 0 Å². The number of hydrogen-bond acceptors (Lipinski definition) is 4. The maximum absolute atomic E-state index is 11.2. The van der Waals surface area contributed by atoms with Gasteiger partial charge >= 0.3 is 0 Å². The van der Waals surface area contributed by atoms with Crippen LogP contribution in [0.25, 0.3) is 0 Å². The third kappa shape index (κ3) is 3.13. The predicted molar refractivity (Wildman–Crippen MR) is 62.7 cm³/mol. The highest BCUT2D eigenvalue weighted by Gasteiger charge is 2.09. The molecule has 84 valence electrons. The molecule has 0 bridgehead atoms. The summed E-state index contributed by atoms with van der Waals surface area (Å²) in [4.78, 5) is 0.245. The first-order valence-electron chi connectivity index (χ1n) is 4.67. The Morgan fingerprint density at radius 3 is 2.33 bits per heavy atom. The Balaban J connectivity index is 3.09. The predicted octanol–water partition coefficient (Wildman–Crippen LogP) is 1.49. The van der Waals surface area contributed by atoms with Gasteiger partial charge in [-0.25, -0.2) is 8.42 Å². The van der Waals surface area contributed by atoms with E-state index in [9.17, 15) is 8.42 Å². The van der Waals surface area contributed by atoms with Crippen molar-refractivity contribution in [2.24, 2.45) is 0 Å². The molecule has 0 aliphatic carbocycles. The molecule has 0 aromatic heterocycles. The molecule has 3 N–H and O–H groups in total. The topological polar surface area (TPSA) is 72.2 Å². The SMILES string of the molecule is CC(C)Nc1ccc(S(C)(=O)=O)cc1N. The summed E-state index contributed by atoms with van der Waals surface area (Å²) in [6.07, 6.45) is 1.16. The molecule has 0 fully saturated rings. The molecule has 0 saturated carbocycles. The summed E-state index contributed by atoms with van der Waals surface area (Å²) in [5.74, 6) is 0. The Morgan fingerprint density at radius 2 is 1.93 bits per heavy atom. The van der Waals surface area contributed by atoms with Crippen molar-refractivity contribution in [3.05, 3.63) is 18.2 Å². The van der Waals surface area contributed by atoms with Crippen molar-refractivity contribution >= 4 is 21.2 Å². The second-order valence-electron chi connectivity index (χ2n) is 3.82. The minimum atomic E-state index is -3.18. The van der Waals surface area contributed by atoms with Gasteiger partial charge in [-0.1, -0.05) is 0 Å². The molecule has 0 aliphatic heterocycles. The Hall–Kier alpha value is -1.23. The van der Waals surface area contributed by atoms with Gasteiger partial charge < -0.3 is 11.1 Å². The first-order chi connectivity index (χ1) is 6.80. The number of nitrogens with one attached hydrogen (secondary N) is 1. The van der Waals surface area contributed by atoms with Gasteiger partial charge in [-0.15, -0.1) is 0 Å². The van der Waals surface area contributed by atoms with Crippen molar-refractivity contribution in [1.82, 2.24) is 0 Å². The normalized spacial score (nSPS) is 11.7. The lowest BCUT2D eigenvalue weighted by atomic mass is 10.2. The Morgan fingerprint density at radius 1 is 1.33 bits per heavy atom. The van der Waals surface area contributed by atoms with Crippen LogP contribution in [0, 0.1) is 0 Å². The van der Waals surface area contributed by atoms with Crippen molar-refractivity contribution in [2.45, 2.75) is 24.8 Å². The molecular weight excluding hydrogens is 212 g/mol. The van der Waals surface area contributed by atoms with Crippen LogP contribution in [0.2, 0.25) is 0 Å². The zero-order chi connectivity index (χ0) is 11.6. The summed E-state index contributed by atoms with van der Waals surface area (Å²) in [5.41, 5.74) is 6.95. The van der Waals surface area contributed by atoms with Crippen LogP contribution in [0.1, 0.15) is 13.8 Å². The van der Waals surface area contributed by atoms with Crippen molar-refractivity contribution < 1.29 is 8.42 Å². The van der Waals surface area contributed by atoms with E-state index in [1.54, 1.807) is 12.1 Å². The molecule has 15 heavy (non-hydrogen) atoms. The van der Waals surface area contributed by atoms with Crippen LogP contribution in [0.3, 0.4) is 0 Å². The van der Waals surface area contributed by atoms with E-state index in [4.69, 9.17) is 5.73 Å². The van der Waals surface area contributed by atoms with Crippen LogP contribution in [-0.4, -0.2) is 20.7 Å². The molecule has 0 spiro atoms. The summed E-state index contributed by atoms with van der Waals surface area (Å²) in [5, 5.41) is 3.13. The van der Waals surface area contributed by atoms with Gasteiger partial charge in [0.05, 0.1) is 16.3 Å². The summed E-state index contributed by atoms with van der Waals surface area (Å²) >= 11 is 0. The lowest BCUT2D eigenvalue weighted by molar-refractivity contribution is 0.602. The average molecular weight is 228 g/mol. The minimum Gasteiger partial charge on any atom is -0.397 e. The fourth-order valence-electron chi connectivity index (χ4n) is 1.21. The summed E-state index contributed by atoms with van der Waals surface area (Å²) < 4.78 is 22.5. The van der Waals surface area contributed by atoms with Gasteiger partial charge in [-0.05, 0) is 32.0 Å². The standard InChI is InChI=1S/C10H16N2O2S/c1-7(2)12-10-5-4-8(6-9(10)11)15(3,13)14/h4-7,12H,11H2,1-3H3. The largest absolute Gasteiger partial charge is 0.397 e. The lowest BCUT2D eigenvalue weighted by Gasteiger charge is -2.13. The molecule has 0 radical (unpaired) electrons. The molecule has 1 aromatic carbocycles.